The number of benzene rings is 1. The molecule has 1 amide bonds. The van der Waals surface area contributed by atoms with Crippen LogP contribution in [0.25, 0.3) is 0 Å². The second-order valence-electron chi connectivity index (χ2n) is 6.57. The summed E-state index contributed by atoms with van der Waals surface area (Å²) in [6.45, 7) is 4.05. The van der Waals surface area contributed by atoms with Crippen LogP contribution in [0.3, 0.4) is 0 Å². The first-order valence-corrected chi connectivity index (χ1v) is 9.44. The first-order valence-electron chi connectivity index (χ1n) is 9.06. The summed E-state index contributed by atoms with van der Waals surface area (Å²) in [5, 5.41) is 0.618. The number of likely N-dealkylation sites (tertiary alicyclic amines) is 1. The fourth-order valence-electron chi connectivity index (χ4n) is 3.33. The summed E-state index contributed by atoms with van der Waals surface area (Å²) in [5.41, 5.74) is 0.633. The number of halogens is 1. The van der Waals surface area contributed by atoms with Crippen molar-refractivity contribution >= 4 is 23.3 Å². The number of aromatic nitrogens is 2. The van der Waals surface area contributed by atoms with Gasteiger partial charge in [-0.05, 0) is 24.3 Å². The van der Waals surface area contributed by atoms with Gasteiger partial charge in [-0.25, -0.2) is 9.97 Å². The Hall–Kier alpha value is -2.38. The van der Waals surface area contributed by atoms with E-state index in [1.807, 2.05) is 0 Å². The van der Waals surface area contributed by atoms with Crippen molar-refractivity contribution in [3.05, 3.63) is 47.2 Å². The Morgan fingerprint density at radius 3 is 2.63 bits per heavy atom. The quantitative estimate of drug-likeness (QED) is 0.800. The van der Waals surface area contributed by atoms with Gasteiger partial charge >= 0.3 is 0 Å². The molecule has 0 radical (unpaired) electrons. The fourth-order valence-corrected chi connectivity index (χ4v) is 3.46. The van der Waals surface area contributed by atoms with Gasteiger partial charge in [-0.15, -0.1) is 0 Å². The maximum atomic E-state index is 12.6. The third-order valence-electron chi connectivity index (χ3n) is 4.76. The van der Waals surface area contributed by atoms with Crippen LogP contribution in [0, 0.1) is 0 Å². The monoisotopic (exact) mass is 388 g/mol. The number of morpholine rings is 1. The van der Waals surface area contributed by atoms with Crippen LogP contribution < -0.4 is 9.64 Å². The number of nitrogens with zero attached hydrogens (tertiary/aromatic N) is 4. The highest BCUT2D eigenvalue weighted by Crippen LogP contribution is 2.27. The molecule has 7 nitrogen and oxygen atoms in total. The van der Waals surface area contributed by atoms with Crippen LogP contribution in [0.15, 0.2) is 36.7 Å². The summed E-state index contributed by atoms with van der Waals surface area (Å²) in [6.07, 6.45) is 3.96. The molecule has 1 unspecified atom stereocenters. The molecule has 2 saturated heterocycles. The highest BCUT2D eigenvalue weighted by molar-refractivity contribution is 6.30. The van der Waals surface area contributed by atoms with Crippen molar-refractivity contribution in [3.63, 3.8) is 0 Å². The summed E-state index contributed by atoms with van der Waals surface area (Å²) in [6, 6.07) is 6.95. The molecule has 2 fully saturated rings. The highest BCUT2D eigenvalue weighted by Gasteiger charge is 2.30. The standard InChI is InChI=1S/C19H21ClN4O3/c20-15-3-1-14(2-4-15)19(25)24-8-5-16(13-24)27-18-17(21-6-7-22-18)23-9-11-26-12-10-23/h1-4,6-7,16H,5,8-13H2. The Balaban J connectivity index is 1.41. The molecule has 2 aromatic rings. The smallest absolute Gasteiger partial charge is 0.257 e. The minimum atomic E-state index is -0.0993. The van der Waals surface area contributed by atoms with E-state index in [2.05, 4.69) is 14.9 Å². The Bertz CT molecular complexity index is 796. The van der Waals surface area contributed by atoms with E-state index >= 15 is 0 Å². The van der Waals surface area contributed by atoms with Crippen LogP contribution in [0.2, 0.25) is 5.02 Å². The second kappa shape index (κ2) is 8.10. The molecule has 0 saturated carbocycles. The predicted octanol–water partition coefficient (Wildman–Crippen LogP) is 2.26. The van der Waals surface area contributed by atoms with Gasteiger partial charge in [0.2, 0.25) is 0 Å². The number of rotatable bonds is 4. The third kappa shape index (κ3) is 4.14. The van der Waals surface area contributed by atoms with Gasteiger partial charge in [-0.1, -0.05) is 11.6 Å². The van der Waals surface area contributed by atoms with Gasteiger partial charge in [-0.2, -0.15) is 0 Å². The average Bonchev–Trinajstić information content (AvgIpc) is 3.18. The molecular formula is C19H21ClN4O3. The Labute approximate surface area is 162 Å². The maximum absolute atomic E-state index is 12.6. The van der Waals surface area contributed by atoms with Crippen molar-refractivity contribution in [1.29, 1.82) is 0 Å². The van der Waals surface area contributed by atoms with Gasteiger partial charge in [0.05, 0.1) is 19.8 Å². The summed E-state index contributed by atoms with van der Waals surface area (Å²) in [5.74, 6) is 1.25. The SMILES string of the molecule is O=C(c1ccc(Cl)cc1)N1CCC(Oc2nccnc2N2CCOCC2)C1. The van der Waals surface area contributed by atoms with E-state index in [4.69, 9.17) is 21.1 Å². The van der Waals surface area contributed by atoms with Gasteiger partial charge in [0.15, 0.2) is 5.82 Å². The van der Waals surface area contributed by atoms with Gasteiger partial charge in [-0.3, -0.25) is 4.79 Å². The van der Waals surface area contributed by atoms with E-state index < -0.39 is 0 Å². The van der Waals surface area contributed by atoms with Crippen LogP contribution in [-0.2, 0) is 4.74 Å². The number of carbonyl (C=O) groups is 1. The number of ether oxygens (including phenoxy) is 2. The van der Waals surface area contributed by atoms with E-state index in [-0.39, 0.29) is 12.0 Å². The lowest BCUT2D eigenvalue weighted by molar-refractivity contribution is 0.0771. The van der Waals surface area contributed by atoms with Crippen molar-refractivity contribution in [2.24, 2.45) is 0 Å². The first kappa shape index (κ1) is 18.0. The molecule has 0 N–H and O–H groups in total. The summed E-state index contributed by atoms with van der Waals surface area (Å²) in [4.78, 5) is 25.4. The van der Waals surface area contributed by atoms with Crippen molar-refractivity contribution < 1.29 is 14.3 Å². The summed E-state index contributed by atoms with van der Waals surface area (Å²) >= 11 is 5.90. The number of anilines is 1. The van der Waals surface area contributed by atoms with Crippen molar-refractivity contribution in [2.45, 2.75) is 12.5 Å². The molecule has 0 spiro atoms. The molecular weight excluding hydrogens is 368 g/mol. The topological polar surface area (TPSA) is 67.8 Å². The average molecular weight is 389 g/mol. The molecule has 0 aliphatic carbocycles. The second-order valence-corrected chi connectivity index (χ2v) is 7.01. The molecule has 142 valence electrons. The fraction of sp³-hybridized carbons (Fsp3) is 0.421. The summed E-state index contributed by atoms with van der Waals surface area (Å²) < 4.78 is 11.5. The minimum Gasteiger partial charge on any atom is -0.470 e. The van der Waals surface area contributed by atoms with Crippen molar-refractivity contribution in [3.8, 4) is 5.88 Å². The zero-order valence-corrected chi connectivity index (χ0v) is 15.6. The molecule has 0 bridgehead atoms. The Kier molecular flexibility index (Phi) is 5.40. The van der Waals surface area contributed by atoms with Crippen LogP contribution in [0.4, 0.5) is 5.82 Å². The number of hydrogen-bond donors (Lipinski definition) is 0. The lowest BCUT2D eigenvalue weighted by Crippen LogP contribution is -2.37. The predicted molar refractivity (Wildman–Crippen MR) is 101 cm³/mol. The van der Waals surface area contributed by atoms with Crippen molar-refractivity contribution in [2.75, 3.05) is 44.3 Å². The van der Waals surface area contributed by atoms with Gasteiger partial charge in [0.1, 0.15) is 6.10 Å². The maximum Gasteiger partial charge on any atom is 0.257 e. The molecule has 4 rings (SSSR count). The van der Waals surface area contributed by atoms with E-state index in [0.717, 1.165) is 25.3 Å². The minimum absolute atomic E-state index is 0.00897. The molecule has 1 aromatic heterocycles. The van der Waals surface area contributed by atoms with Gasteiger partial charge in [0.25, 0.3) is 11.8 Å². The zero-order chi connectivity index (χ0) is 18.6. The lowest BCUT2D eigenvalue weighted by atomic mass is 10.2. The molecule has 1 aromatic carbocycles. The third-order valence-corrected chi connectivity index (χ3v) is 5.01. The van der Waals surface area contributed by atoms with E-state index in [1.54, 1.807) is 41.6 Å². The molecule has 3 heterocycles. The van der Waals surface area contributed by atoms with Crippen LogP contribution >= 0.6 is 11.6 Å². The lowest BCUT2D eigenvalue weighted by Gasteiger charge is -2.29. The van der Waals surface area contributed by atoms with E-state index in [0.29, 0.717) is 42.8 Å². The number of amides is 1. The van der Waals surface area contributed by atoms with Gasteiger partial charge in [0, 0.05) is 49.0 Å². The van der Waals surface area contributed by atoms with Crippen LogP contribution in [0.5, 0.6) is 5.88 Å². The van der Waals surface area contributed by atoms with Crippen LogP contribution in [0.1, 0.15) is 16.8 Å². The first-order chi connectivity index (χ1) is 13.2. The van der Waals surface area contributed by atoms with Gasteiger partial charge < -0.3 is 19.3 Å². The Morgan fingerprint density at radius 1 is 1.11 bits per heavy atom. The number of carbonyl (C=O) groups excluding carboxylic acids is 1. The molecule has 2 aliphatic rings. The number of hydrogen-bond acceptors (Lipinski definition) is 6. The van der Waals surface area contributed by atoms with E-state index in [9.17, 15) is 4.79 Å². The molecule has 2 aliphatic heterocycles. The zero-order valence-electron chi connectivity index (χ0n) is 14.9. The van der Waals surface area contributed by atoms with E-state index in [1.165, 1.54) is 0 Å². The molecule has 1 atom stereocenters. The Morgan fingerprint density at radius 2 is 1.85 bits per heavy atom. The molecule has 27 heavy (non-hydrogen) atoms. The normalized spacial score (nSPS) is 20.0. The van der Waals surface area contributed by atoms with Crippen molar-refractivity contribution in [1.82, 2.24) is 14.9 Å². The largest absolute Gasteiger partial charge is 0.470 e. The highest BCUT2D eigenvalue weighted by atomic mass is 35.5. The van der Waals surface area contributed by atoms with Crippen LogP contribution in [-0.4, -0.2) is 66.3 Å². The molecule has 8 heteroatoms. The summed E-state index contributed by atoms with van der Waals surface area (Å²) in [7, 11) is 0.